The second-order valence-corrected chi connectivity index (χ2v) is 5.98. The first-order valence-corrected chi connectivity index (χ1v) is 8.59. The Labute approximate surface area is 157 Å². The second kappa shape index (κ2) is 10.6. The molecular formula is C19H22ClN3O3. The number of amides is 2. The van der Waals surface area contributed by atoms with Crippen LogP contribution in [0.4, 0.5) is 5.69 Å². The van der Waals surface area contributed by atoms with Gasteiger partial charge in [-0.25, -0.2) is 0 Å². The van der Waals surface area contributed by atoms with Gasteiger partial charge in [-0.3, -0.25) is 9.59 Å². The third-order valence-electron chi connectivity index (χ3n) is 3.58. The van der Waals surface area contributed by atoms with Gasteiger partial charge in [-0.15, -0.1) is 0 Å². The van der Waals surface area contributed by atoms with E-state index in [1.54, 1.807) is 31.4 Å². The Hall–Kier alpha value is -2.41. The van der Waals surface area contributed by atoms with Crippen LogP contribution in [0.25, 0.3) is 0 Å². The van der Waals surface area contributed by atoms with Crippen molar-refractivity contribution < 1.29 is 14.3 Å². The van der Waals surface area contributed by atoms with Gasteiger partial charge in [0.05, 0.1) is 13.2 Å². The maximum Gasteiger partial charge on any atom is 0.251 e. The minimum Gasteiger partial charge on any atom is -0.383 e. The molecule has 0 fully saturated rings. The molecule has 6 nitrogen and oxygen atoms in total. The van der Waals surface area contributed by atoms with E-state index in [1.165, 1.54) is 0 Å². The van der Waals surface area contributed by atoms with Crippen molar-refractivity contribution in [2.45, 2.75) is 6.54 Å². The zero-order valence-electron chi connectivity index (χ0n) is 14.5. The van der Waals surface area contributed by atoms with Crippen LogP contribution in [-0.4, -0.2) is 38.6 Å². The number of hydrogen-bond acceptors (Lipinski definition) is 4. The van der Waals surface area contributed by atoms with Crippen molar-refractivity contribution in [1.82, 2.24) is 10.6 Å². The highest BCUT2D eigenvalue weighted by Gasteiger charge is 2.07. The third-order valence-corrected chi connectivity index (χ3v) is 3.95. The maximum atomic E-state index is 12.0. The van der Waals surface area contributed by atoms with Crippen molar-refractivity contribution in [2.75, 3.05) is 32.1 Å². The minimum atomic E-state index is -0.179. The summed E-state index contributed by atoms with van der Waals surface area (Å²) in [6.45, 7) is 1.57. The maximum absolute atomic E-state index is 12.0. The van der Waals surface area contributed by atoms with Gasteiger partial charge in [0.15, 0.2) is 0 Å². The summed E-state index contributed by atoms with van der Waals surface area (Å²) in [6.07, 6.45) is 0. The summed E-state index contributed by atoms with van der Waals surface area (Å²) in [7, 11) is 1.58. The molecule has 7 heteroatoms. The van der Waals surface area contributed by atoms with Crippen molar-refractivity contribution in [2.24, 2.45) is 0 Å². The normalized spacial score (nSPS) is 10.4. The molecule has 0 aliphatic heterocycles. The van der Waals surface area contributed by atoms with E-state index in [2.05, 4.69) is 16.0 Å². The fraction of sp³-hybridized carbons (Fsp3) is 0.263. The highest BCUT2D eigenvalue weighted by Crippen LogP contribution is 2.14. The number of benzene rings is 2. The molecule has 2 aromatic rings. The molecule has 0 heterocycles. The first-order valence-electron chi connectivity index (χ1n) is 8.21. The van der Waals surface area contributed by atoms with Crippen molar-refractivity contribution in [3.8, 4) is 0 Å². The van der Waals surface area contributed by atoms with E-state index in [1.807, 2.05) is 24.3 Å². The van der Waals surface area contributed by atoms with Crippen LogP contribution in [0.15, 0.2) is 48.5 Å². The van der Waals surface area contributed by atoms with Crippen molar-refractivity contribution in [1.29, 1.82) is 0 Å². The number of ether oxygens (including phenoxy) is 1. The zero-order valence-corrected chi connectivity index (χ0v) is 15.3. The second-order valence-electron chi connectivity index (χ2n) is 5.57. The first kappa shape index (κ1) is 19.9. The van der Waals surface area contributed by atoms with Gasteiger partial charge in [-0.2, -0.15) is 0 Å². The number of nitrogens with one attached hydrogen (secondary N) is 3. The van der Waals surface area contributed by atoms with Gasteiger partial charge in [0.2, 0.25) is 5.91 Å². The van der Waals surface area contributed by atoms with E-state index in [0.29, 0.717) is 36.0 Å². The third kappa shape index (κ3) is 6.48. The van der Waals surface area contributed by atoms with Gasteiger partial charge in [-0.1, -0.05) is 29.8 Å². The van der Waals surface area contributed by atoms with Crippen LogP contribution in [0, 0.1) is 0 Å². The molecule has 0 spiro atoms. The molecule has 0 unspecified atom stereocenters. The van der Waals surface area contributed by atoms with E-state index in [4.69, 9.17) is 16.3 Å². The molecule has 0 saturated heterocycles. The molecule has 0 atom stereocenters. The number of anilines is 1. The summed E-state index contributed by atoms with van der Waals surface area (Å²) >= 11 is 6.07. The molecule has 2 amide bonds. The van der Waals surface area contributed by atoms with Gasteiger partial charge in [-0.05, 0) is 35.9 Å². The standard InChI is InChI=1S/C19H22ClN3O3/c1-26-11-10-22-19(25)14-6-8-16(9-7-14)23-18(24)13-21-12-15-4-2-3-5-17(15)20/h2-9,21H,10-13H2,1H3,(H,22,25)(H,23,24). The molecule has 0 aliphatic rings. The molecule has 26 heavy (non-hydrogen) atoms. The Balaban J connectivity index is 1.76. The summed E-state index contributed by atoms with van der Waals surface area (Å²) in [4.78, 5) is 23.9. The van der Waals surface area contributed by atoms with Gasteiger partial charge < -0.3 is 20.7 Å². The Bertz CT molecular complexity index is 735. The van der Waals surface area contributed by atoms with Crippen LogP contribution in [0.2, 0.25) is 5.02 Å². The minimum absolute atomic E-state index is 0.157. The van der Waals surface area contributed by atoms with Crippen LogP contribution in [0.1, 0.15) is 15.9 Å². The molecule has 138 valence electrons. The summed E-state index contributed by atoms with van der Waals surface area (Å²) in [5.41, 5.74) is 2.09. The largest absolute Gasteiger partial charge is 0.383 e. The van der Waals surface area contributed by atoms with Gasteiger partial charge in [0.1, 0.15) is 0 Å². The lowest BCUT2D eigenvalue weighted by Crippen LogP contribution is -2.28. The lowest BCUT2D eigenvalue weighted by Gasteiger charge is -2.09. The van der Waals surface area contributed by atoms with Gasteiger partial charge >= 0.3 is 0 Å². The average Bonchev–Trinajstić information content (AvgIpc) is 2.64. The zero-order chi connectivity index (χ0) is 18.8. The summed E-state index contributed by atoms with van der Waals surface area (Å²) < 4.78 is 4.88. The highest BCUT2D eigenvalue weighted by atomic mass is 35.5. The Morgan fingerprint density at radius 2 is 1.81 bits per heavy atom. The lowest BCUT2D eigenvalue weighted by atomic mass is 10.2. The summed E-state index contributed by atoms with van der Waals surface area (Å²) in [5.74, 6) is -0.351. The fourth-order valence-corrected chi connectivity index (χ4v) is 2.43. The molecule has 2 rings (SSSR count). The predicted molar refractivity (Wildman–Crippen MR) is 102 cm³/mol. The van der Waals surface area contributed by atoms with Crippen LogP contribution in [0.5, 0.6) is 0 Å². The van der Waals surface area contributed by atoms with Crippen LogP contribution >= 0.6 is 11.6 Å². The molecule has 0 aromatic heterocycles. The van der Waals surface area contributed by atoms with Crippen molar-refractivity contribution >= 4 is 29.1 Å². The Morgan fingerprint density at radius 3 is 2.50 bits per heavy atom. The predicted octanol–water partition coefficient (Wildman–Crippen LogP) is 2.44. The van der Waals surface area contributed by atoms with Gasteiger partial charge in [0, 0.05) is 36.5 Å². The average molecular weight is 376 g/mol. The van der Waals surface area contributed by atoms with Crippen LogP contribution in [0.3, 0.4) is 0 Å². The number of halogens is 1. The van der Waals surface area contributed by atoms with Crippen molar-refractivity contribution in [3.63, 3.8) is 0 Å². The Morgan fingerprint density at radius 1 is 1.08 bits per heavy atom. The molecule has 0 aliphatic carbocycles. The molecule has 3 N–H and O–H groups in total. The molecular weight excluding hydrogens is 354 g/mol. The van der Waals surface area contributed by atoms with E-state index in [0.717, 1.165) is 5.56 Å². The van der Waals surface area contributed by atoms with Crippen molar-refractivity contribution in [3.05, 3.63) is 64.7 Å². The smallest absolute Gasteiger partial charge is 0.251 e. The molecule has 0 radical (unpaired) electrons. The van der Waals surface area contributed by atoms with Crippen LogP contribution in [-0.2, 0) is 16.1 Å². The number of carbonyl (C=O) groups excluding carboxylic acids is 2. The summed E-state index contributed by atoms with van der Waals surface area (Å²) in [6, 6.07) is 14.2. The number of hydrogen-bond donors (Lipinski definition) is 3. The highest BCUT2D eigenvalue weighted by molar-refractivity contribution is 6.31. The number of rotatable bonds is 9. The molecule has 2 aromatic carbocycles. The monoisotopic (exact) mass is 375 g/mol. The SMILES string of the molecule is COCCNC(=O)c1ccc(NC(=O)CNCc2ccccc2Cl)cc1. The first-order chi connectivity index (χ1) is 12.6. The number of methoxy groups -OCH3 is 1. The number of carbonyl (C=O) groups is 2. The van der Waals surface area contributed by atoms with E-state index < -0.39 is 0 Å². The molecule has 0 saturated carbocycles. The Kier molecular flexibility index (Phi) is 8.08. The quantitative estimate of drug-likeness (QED) is 0.588. The summed E-state index contributed by atoms with van der Waals surface area (Å²) in [5, 5.41) is 9.23. The lowest BCUT2D eigenvalue weighted by molar-refractivity contribution is -0.115. The molecule has 0 bridgehead atoms. The van der Waals surface area contributed by atoms with E-state index in [9.17, 15) is 9.59 Å². The topological polar surface area (TPSA) is 79.5 Å². The van der Waals surface area contributed by atoms with E-state index in [-0.39, 0.29) is 18.4 Å². The fourth-order valence-electron chi connectivity index (χ4n) is 2.23. The van der Waals surface area contributed by atoms with Crippen LogP contribution < -0.4 is 16.0 Å². The van der Waals surface area contributed by atoms with Gasteiger partial charge in [0.25, 0.3) is 5.91 Å². The van der Waals surface area contributed by atoms with E-state index >= 15 is 0 Å².